The SMILES string of the molecule is CCNc1ncc(F)c(Nc2ccc(C#N)cc2Cl)n1. The van der Waals surface area contributed by atoms with Crippen molar-refractivity contribution in [3.8, 4) is 6.07 Å². The molecular weight excluding hydrogens is 281 g/mol. The number of nitrogens with one attached hydrogen (secondary N) is 2. The van der Waals surface area contributed by atoms with Crippen LogP contribution in [0.25, 0.3) is 0 Å². The van der Waals surface area contributed by atoms with E-state index in [0.717, 1.165) is 6.20 Å². The van der Waals surface area contributed by atoms with Crippen LogP contribution < -0.4 is 10.6 Å². The van der Waals surface area contributed by atoms with Gasteiger partial charge in [0.25, 0.3) is 0 Å². The summed E-state index contributed by atoms with van der Waals surface area (Å²) in [5.74, 6) is -0.254. The van der Waals surface area contributed by atoms with Crippen molar-refractivity contribution in [1.82, 2.24) is 9.97 Å². The summed E-state index contributed by atoms with van der Waals surface area (Å²) in [7, 11) is 0. The summed E-state index contributed by atoms with van der Waals surface area (Å²) in [4.78, 5) is 7.82. The van der Waals surface area contributed by atoms with Crippen LogP contribution in [0.15, 0.2) is 24.4 Å². The first-order chi connectivity index (χ1) is 9.63. The van der Waals surface area contributed by atoms with Crippen LogP contribution in [0.3, 0.4) is 0 Å². The fraction of sp³-hybridized carbons (Fsp3) is 0.154. The van der Waals surface area contributed by atoms with Crippen molar-refractivity contribution in [2.45, 2.75) is 6.92 Å². The lowest BCUT2D eigenvalue weighted by Crippen LogP contribution is -2.06. The first-order valence-electron chi connectivity index (χ1n) is 5.87. The van der Waals surface area contributed by atoms with Crippen molar-refractivity contribution >= 4 is 29.1 Å². The minimum atomic E-state index is -0.591. The fourth-order valence-corrected chi connectivity index (χ4v) is 1.74. The number of nitrogens with zero attached hydrogens (tertiary/aromatic N) is 3. The Morgan fingerprint density at radius 3 is 2.90 bits per heavy atom. The summed E-state index contributed by atoms with van der Waals surface area (Å²) >= 11 is 6.02. The molecule has 0 saturated heterocycles. The molecule has 5 nitrogen and oxygen atoms in total. The summed E-state index contributed by atoms with van der Waals surface area (Å²) in [6, 6.07) is 6.64. The first kappa shape index (κ1) is 14.0. The number of anilines is 3. The smallest absolute Gasteiger partial charge is 0.224 e. The number of halogens is 2. The maximum Gasteiger partial charge on any atom is 0.224 e. The Hall–Kier alpha value is -2.39. The van der Waals surface area contributed by atoms with Crippen LogP contribution in [0, 0.1) is 17.1 Å². The van der Waals surface area contributed by atoms with Crippen LogP contribution in [0.1, 0.15) is 12.5 Å². The van der Waals surface area contributed by atoms with Gasteiger partial charge in [-0.2, -0.15) is 10.2 Å². The van der Waals surface area contributed by atoms with Gasteiger partial charge in [-0.25, -0.2) is 9.37 Å². The second-order valence-electron chi connectivity index (χ2n) is 3.85. The molecule has 1 heterocycles. The van der Waals surface area contributed by atoms with Crippen molar-refractivity contribution in [1.29, 1.82) is 5.26 Å². The first-order valence-corrected chi connectivity index (χ1v) is 6.25. The molecule has 0 saturated carbocycles. The molecule has 1 aromatic carbocycles. The van der Waals surface area contributed by atoms with Crippen LogP contribution in [0.4, 0.5) is 21.8 Å². The molecule has 7 heteroatoms. The summed E-state index contributed by atoms with van der Waals surface area (Å²) in [6.07, 6.45) is 1.07. The molecule has 20 heavy (non-hydrogen) atoms. The Balaban J connectivity index is 2.30. The Kier molecular flexibility index (Phi) is 4.33. The predicted molar refractivity (Wildman–Crippen MR) is 75.6 cm³/mol. The highest BCUT2D eigenvalue weighted by atomic mass is 35.5. The number of aromatic nitrogens is 2. The average Bonchev–Trinajstić information content (AvgIpc) is 2.44. The predicted octanol–water partition coefficient (Wildman–Crippen LogP) is 3.32. The maximum absolute atomic E-state index is 13.7. The van der Waals surface area contributed by atoms with Crippen LogP contribution >= 0.6 is 11.6 Å². The van der Waals surface area contributed by atoms with E-state index >= 15 is 0 Å². The third-order valence-electron chi connectivity index (χ3n) is 2.43. The largest absolute Gasteiger partial charge is 0.354 e. The highest BCUT2D eigenvalue weighted by Gasteiger charge is 2.09. The minimum absolute atomic E-state index is 0.0163. The Labute approximate surface area is 120 Å². The van der Waals surface area contributed by atoms with Gasteiger partial charge in [-0.15, -0.1) is 0 Å². The lowest BCUT2D eigenvalue weighted by Gasteiger charge is -2.10. The van der Waals surface area contributed by atoms with E-state index in [2.05, 4.69) is 20.6 Å². The van der Waals surface area contributed by atoms with Crippen LogP contribution in [-0.2, 0) is 0 Å². The van der Waals surface area contributed by atoms with E-state index in [1.165, 1.54) is 6.07 Å². The molecule has 2 rings (SSSR count). The van der Waals surface area contributed by atoms with Gasteiger partial charge in [0.05, 0.1) is 28.5 Å². The average molecular weight is 292 g/mol. The maximum atomic E-state index is 13.7. The van der Waals surface area contributed by atoms with Gasteiger partial charge >= 0.3 is 0 Å². The summed E-state index contributed by atoms with van der Waals surface area (Å²) < 4.78 is 13.7. The van der Waals surface area contributed by atoms with Gasteiger partial charge in [-0.05, 0) is 25.1 Å². The van der Waals surface area contributed by atoms with Gasteiger partial charge in [0.2, 0.25) is 5.95 Å². The highest BCUT2D eigenvalue weighted by Crippen LogP contribution is 2.26. The Morgan fingerprint density at radius 1 is 1.45 bits per heavy atom. The monoisotopic (exact) mass is 291 g/mol. The fourth-order valence-electron chi connectivity index (χ4n) is 1.51. The molecule has 0 fully saturated rings. The molecule has 102 valence electrons. The molecule has 2 aromatic rings. The molecular formula is C13H11ClFN5. The Bertz CT molecular complexity index is 668. The molecule has 1 aromatic heterocycles. The van der Waals surface area contributed by atoms with E-state index in [9.17, 15) is 4.39 Å². The molecule has 0 aliphatic heterocycles. The van der Waals surface area contributed by atoms with E-state index in [1.807, 2.05) is 13.0 Å². The zero-order chi connectivity index (χ0) is 14.5. The normalized spacial score (nSPS) is 9.90. The summed E-state index contributed by atoms with van der Waals surface area (Å²) in [5, 5.41) is 14.7. The zero-order valence-corrected chi connectivity index (χ0v) is 11.4. The molecule has 0 unspecified atom stereocenters. The third kappa shape index (κ3) is 3.13. The quantitative estimate of drug-likeness (QED) is 0.904. The molecule has 0 bridgehead atoms. The highest BCUT2D eigenvalue weighted by molar-refractivity contribution is 6.33. The second-order valence-corrected chi connectivity index (χ2v) is 4.26. The molecule has 2 N–H and O–H groups in total. The van der Waals surface area contributed by atoms with Crippen LogP contribution in [-0.4, -0.2) is 16.5 Å². The molecule has 0 aliphatic carbocycles. The van der Waals surface area contributed by atoms with Crippen molar-refractivity contribution < 1.29 is 4.39 Å². The molecule has 0 radical (unpaired) electrons. The van der Waals surface area contributed by atoms with Gasteiger partial charge < -0.3 is 10.6 Å². The molecule has 0 amide bonds. The van der Waals surface area contributed by atoms with E-state index in [1.54, 1.807) is 12.1 Å². The zero-order valence-electron chi connectivity index (χ0n) is 10.6. The van der Waals surface area contributed by atoms with E-state index in [-0.39, 0.29) is 5.82 Å². The number of rotatable bonds is 4. The van der Waals surface area contributed by atoms with E-state index < -0.39 is 5.82 Å². The minimum Gasteiger partial charge on any atom is -0.354 e. The Morgan fingerprint density at radius 2 is 2.25 bits per heavy atom. The summed E-state index contributed by atoms with van der Waals surface area (Å²) in [6.45, 7) is 2.51. The lowest BCUT2D eigenvalue weighted by molar-refractivity contribution is 0.619. The van der Waals surface area contributed by atoms with Crippen molar-refractivity contribution in [3.63, 3.8) is 0 Å². The van der Waals surface area contributed by atoms with Gasteiger partial charge in [0, 0.05) is 6.54 Å². The number of benzene rings is 1. The second kappa shape index (κ2) is 6.17. The van der Waals surface area contributed by atoms with E-state index in [0.29, 0.717) is 28.8 Å². The molecule has 0 atom stereocenters. The van der Waals surface area contributed by atoms with Gasteiger partial charge in [-0.3, -0.25) is 0 Å². The lowest BCUT2D eigenvalue weighted by atomic mass is 10.2. The van der Waals surface area contributed by atoms with Crippen LogP contribution in [0.2, 0.25) is 5.02 Å². The number of hydrogen-bond acceptors (Lipinski definition) is 5. The standard InChI is InChI=1S/C13H11ClFN5/c1-2-17-13-18-7-10(15)12(20-13)19-11-4-3-8(6-16)5-9(11)14/h3-5,7H,2H2,1H3,(H2,17,18,19,20). The summed E-state index contributed by atoms with van der Waals surface area (Å²) in [5.41, 5.74) is 0.891. The molecule has 0 aliphatic rings. The molecule has 0 spiro atoms. The van der Waals surface area contributed by atoms with Gasteiger partial charge in [0.15, 0.2) is 11.6 Å². The number of nitriles is 1. The van der Waals surface area contributed by atoms with Crippen molar-refractivity contribution in [2.75, 3.05) is 17.2 Å². The van der Waals surface area contributed by atoms with E-state index in [4.69, 9.17) is 16.9 Å². The topological polar surface area (TPSA) is 73.6 Å². The van der Waals surface area contributed by atoms with Gasteiger partial charge in [0.1, 0.15) is 0 Å². The van der Waals surface area contributed by atoms with Crippen LogP contribution in [0.5, 0.6) is 0 Å². The van der Waals surface area contributed by atoms with Crippen molar-refractivity contribution in [3.05, 3.63) is 40.8 Å². The number of hydrogen-bond donors (Lipinski definition) is 2. The van der Waals surface area contributed by atoms with Gasteiger partial charge in [-0.1, -0.05) is 11.6 Å². The third-order valence-corrected chi connectivity index (χ3v) is 2.74. The van der Waals surface area contributed by atoms with Crippen molar-refractivity contribution in [2.24, 2.45) is 0 Å².